The van der Waals surface area contributed by atoms with Crippen LogP contribution in [0.5, 0.6) is 0 Å². The highest BCUT2D eigenvalue weighted by Gasteiger charge is 2.45. The van der Waals surface area contributed by atoms with Crippen LogP contribution in [-0.2, 0) is 38.1 Å². The first kappa shape index (κ1) is 26.1. The number of carbonyl (C=O) groups excluding carboxylic acids is 4. The fraction of sp³-hybridized carbons (Fsp3) is 0.500. The van der Waals surface area contributed by atoms with E-state index in [0.717, 1.165) is 5.57 Å². The molecule has 0 radical (unpaired) electrons. The minimum Gasteiger partial charge on any atom is -0.461 e. The highest BCUT2D eigenvalue weighted by molar-refractivity contribution is 5.92. The Morgan fingerprint density at radius 2 is 1.91 bits per heavy atom. The van der Waals surface area contributed by atoms with Crippen molar-refractivity contribution in [3.8, 4) is 0 Å². The lowest BCUT2D eigenvalue weighted by atomic mass is 9.85. The molecule has 1 aliphatic carbocycles. The van der Waals surface area contributed by atoms with E-state index in [0.29, 0.717) is 12.0 Å². The molecule has 9 nitrogen and oxygen atoms in total. The molecule has 1 aliphatic heterocycles. The van der Waals surface area contributed by atoms with Crippen molar-refractivity contribution in [3.05, 3.63) is 47.1 Å². The van der Waals surface area contributed by atoms with Crippen molar-refractivity contribution in [2.75, 3.05) is 13.2 Å². The molecular formula is C24H30O9. The topological polar surface area (TPSA) is 125 Å². The number of hydrogen-bond acceptors (Lipinski definition) is 9. The summed E-state index contributed by atoms with van der Waals surface area (Å²) in [6.07, 6.45) is 3.34. The molecule has 2 aliphatic rings. The number of esters is 4. The Labute approximate surface area is 192 Å². The molecular weight excluding hydrogens is 432 g/mol. The first-order valence-corrected chi connectivity index (χ1v) is 10.6. The van der Waals surface area contributed by atoms with Crippen molar-refractivity contribution in [1.82, 2.24) is 0 Å². The van der Waals surface area contributed by atoms with Crippen molar-refractivity contribution in [2.24, 2.45) is 5.92 Å². The van der Waals surface area contributed by atoms with E-state index in [1.807, 2.05) is 13.0 Å². The van der Waals surface area contributed by atoms with Crippen LogP contribution >= 0.6 is 0 Å². The van der Waals surface area contributed by atoms with Crippen LogP contribution in [0.4, 0.5) is 0 Å². The number of carbonyl (C=O) groups is 4. The molecule has 0 bridgehead atoms. The van der Waals surface area contributed by atoms with Gasteiger partial charge in [0, 0.05) is 32.3 Å². The van der Waals surface area contributed by atoms with E-state index in [4.69, 9.17) is 18.9 Å². The van der Waals surface area contributed by atoms with Crippen molar-refractivity contribution in [2.45, 2.75) is 58.8 Å². The van der Waals surface area contributed by atoms with Gasteiger partial charge in [-0.25, -0.2) is 9.59 Å². The molecule has 180 valence electrons. The molecule has 2 rings (SSSR count). The van der Waals surface area contributed by atoms with Crippen LogP contribution in [0, 0.1) is 5.92 Å². The van der Waals surface area contributed by atoms with Crippen LogP contribution in [0.15, 0.2) is 47.1 Å². The summed E-state index contributed by atoms with van der Waals surface area (Å²) in [4.78, 5) is 47.9. The second kappa shape index (κ2) is 11.6. The van der Waals surface area contributed by atoms with E-state index in [1.54, 1.807) is 13.0 Å². The lowest BCUT2D eigenvalue weighted by Gasteiger charge is -2.28. The van der Waals surface area contributed by atoms with E-state index < -0.39 is 54.7 Å². The monoisotopic (exact) mass is 462 g/mol. The van der Waals surface area contributed by atoms with Crippen molar-refractivity contribution < 1.29 is 43.2 Å². The molecule has 1 saturated heterocycles. The van der Waals surface area contributed by atoms with Gasteiger partial charge >= 0.3 is 23.9 Å². The fourth-order valence-corrected chi connectivity index (χ4v) is 3.73. The third-order valence-electron chi connectivity index (χ3n) is 5.40. The zero-order valence-corrected chi connectivity index (χ0v) is 19.3. The molecule has 1 N–H and O–H groups in total. The fourth-order valence-electron chi connectivity index (χ4n) is 3.73. The smallest absolute Gasteiger partial charge is 0.337 e. The number of aliphatic hydroxyl groups is 1. The first-order valence-electron chi connectivity index (χ1n) is 10.6. The lowest BCUT2D eigenvalue weighted by Crippen LogP contribution is -2.35. The second-order valence-electron chi connectivity index (χ2n) is 8.06. The Hall–Kier alpha value is -3.20. The summed E-state index contributed by atoms with van der Waals surface area (Å²) < 4.78 is 21.5. The van der Waals surface area contributed by atoms with Crippen molar-refractivity contribution in [3.63, 3.8) is 0 Å². The van der Waals surface area contributed by atoms with E-state index >= 15 is 0 Å². The minimum atomic E-state index is -0.813. The molecule has 33 heavy (non-hydrogen) atoms. The zero-order chi connectivity index (χ0) is 24.7. The SMILES string of the molecule is C=C1C(=O)O[C@H]2/C=C(/C)[C@@H](OC(C)=O)C/C=C(/C)C[C@@H](OC(=O)/C(=C/CO)COC(C)=O)[C@@H]12. The molecule has 0 amide bonds. The number of fused-ring (bicyclic) bond motifs is 1. The van der Waals surface area contributed by atoms with Gasteiger partial charge in [0.15, 0.2) is 0 Å². The van der Waals surface area contributed by atoms with Gasteiger partial charge in [-0.05, 0) is 31.6 Å². The van der Waals surface area contributed by atoms with Gasteiger partial charge in [-0.3, -0.25) is 9.59 Å². The third kappa shape index (κ3) is 7.15. The van der Waals surface area contributed by atoms with Gasteiger partial charge in [0.2, 0.25) is 0 Å². The average molecular weight is 462 g/mol. The first-order chi connectivity index (χ1) is 15.5. The van der Waals surface area contributed by atoms with E-state index in [-0.39, 0.29) is 24.2 Å². The Morgan fingerprint density at radius 1 is 1.21 bits per heavy atom. The predicted molar refractivity (Wildman–Crippen MR) is 116 cm³/mol. The van der Waals surface area contributed by atoms with Crippen molar-refractivity contribution in [1.29, 1.82) is 0 Å². The van der Waals surface area contributed by atoms with E-state index in [2.05, 4.69) is 6.58 Å². The molecule has 0 aromatic carbocycles. The minimum absolute atomic E-state index is 0.0273. The Kier molecular flexibility index (Phi) is 9.16. The maximum absolute atomic E-state index is 12.8. The van der Waals surface area contributed by atoms with Crippen LogP contribution in [0.3, 0.4) is 0 Å². The molecule has 9 heteroatoms. The summed E-state index contributed by atoms with van der Waals surface area (Å²) in [5, 5.41) is 9.24. The van der Waals surface area contributed by atoms with Crippen LogP contribution in [-0.4, -0.2) is 60.5 Å². The highest BCUT2D eigenvalue weighted by Crippen LogP contribution is 2.36. The third-order valence-corrected chi connectivity index (χ3v) is 5.40. The van der Waals surface area contributed by atoms with Crippen LogP contribution in [0.25, 0.3) is 0 Å². The summed E-state index contributed by atoms with van der Waals surface area (Å²) in [5.41, 5.74) is 1.67. The van der Waals surface area contributed by atoms with Gasteiger partial charge in [0.1, 0.15) is 24.9 Å². The number of hydrogen-bond donors (Lipinski definition) is 1. The predicted octanol–water partition coefficient (Wildman–Crippen LogP) is 2.10. The molecule has 0 unspecified atom stereocenters. The summed E-state index contributed by atoms with van der Waals surface area (Å²) in [6, 6.07) is 0. The Bertz CT molecular complexity index is 909. The summed E-state index contributed by atoms with van der Waals surface area (Å²) in [6.45, 7) is 9.16. The lowest BCUT2D eigenvalue weighted by molar-refractivity contribution is -0.149. The van der Waals surface area contributed by atoms with Gasteiger partial charge in [0.05, 0.1) is 18.1 Å². The molecule has 0 aromatic heterocycles. The van der Waals surface area contributed by atoms with Gasteiger partial charge in [0.25, 0.3) is 0 Å². The summed E-state index contributed by atoms with van der Waals surface area (Å²) in [7, 11) is 0. The summed E-state index contributed by atoms with van der Waals surface area (Å²) in [5.74, 6) is -3.09. The average Bonchev–Trinajstić information content (AvgIpc) is 2.99. The van der Waals surface area contributed by atoms with Gasteiger partial charge in [-0.1, -0.05) is 18.2 Å². The molecule has 4 atom stereocenters. The van der Waals surface area contributed by atoms with Gasteiger partial charge in [-0.2, -0.15) is 0 Å². The van der Waals surface area contributed by atoms with Crippen LogP contribution in [0.1, 0.15) is 40.5 Å². The molecule has 1 fully saturated rings. The van der Waals surface area contributed by atoms with Gasteiger partial charge < -0.3 is 24.1 Å². The maximum atomic E-state index is 12.8. The Balaban J connectivity index is 2.39. The quantitative estimate of drug-likeness (QED) is 0.273. The zero-order valence-electron chi connectivity index (χ0n) is 19.3. The normalized spacial score (nSPS) is 28.9. The number of ether oxygens (including phenoxy) is 4. The number of rotatable bonds is 6. The molecule has 1 heterocycles. The maximum Gasteiger partial charge on any atom is 0.337 e. The van der Waals surface area contributed by atoms with Crippen LogP contribution in [0.2, 0.25) is 0 Å². The molecule has 0 spiro atoms. The van der Waals surface area contributed by atoms with E-state index in [9.17, 15) is 24.3 Å². The van der Waals surface area contributed by atoms with Crippen molar-refractivity contribution >= 4 is 23.9 Å². The summed E-state index contributed by atoms with van der Waals surface area (Å²) >= 11 is 0. The van der Waals surface area contributed by atoms with Gasteiger partial charge in [-0.15, -0.1) is 0 Å². The van der Waals surface area contributed by atoms with E-state index in [1.165, 1.54) is 19.9 Å². The highest BCUT2D eigenvalue weighted by atomic mass is 16.6. The standard InChI is InChI=1S/C24H30O9/c1-13-6-7-19(31-17(5)27)14(2)11-21-22(15(3)23(28)32-21)20(10-13)33-24(29)18(8-9-25)12-30-16(4)26/h6,8,11,19-22,25H,3,7,9-10,12H2,1-2,4-5H3/b13-6-,14-11-,18-8+/t19-,20+,21-,22+/m0/s1. The Morgan fingerprint density at radius 3 is 2.52 bits per heavy atom. The largest absolute Gasteiger partial charge is 0.461 e. The second-order valence-corrected chi connectivity index (χ2v) is 8.06. The molecule has 0 aromatic rings. The number of aliphatic hydroxyl groups excluding tert-OH is 1. The molecule has 0 saturated carbocycles. The van der Waals surface area contributed by atoms with Crippen LogP contribution < -0.4 is 0 Å².